The number of allylic oxidation sites excluding steroid dienone is 2. The Labute approximate surface area is 200 Å². The largest absolute Gasteiger partial charge is 0.378 e. The van der Waals surface area contributed by atoms with Crippen LogP contribution in [0.3, 0.4) is 0 Å². The number of carbonyl (C=O) groups excluding carboxylic acids is 1. The van der Waals surface area contributed by atoms with Gasteiger partial charge in [-0.3, -0.25) is 4.79 Å². The number of fused-ring (bicyclic) bond motifs is 2. The molecule has 1 aliphatic heterocycles. The van der Waals surface area contributed by atoms with Crippen LogP contribution in [0.25, 0.3) is 5.69 Å². The lowest BCUT2D eigenvalue weighted by molar-refractivity contribution is -0.124. The standard InChI is InChI=1S/C27H29ClN4O/c1-16-23-24(17-9-11-19(12-10-17)31(4)5)25-21(14-27(2,3)15-22(25)33)29-26(23)32(30-16)20-8-6-7-18(28)13-20/h6-14,24-25,29H,15H2,1-5H3/t24-,25+/m0/s1. The van der Waals surface area contributed by atoms with Crippen LogP contribution in [0.15, 0.2) is 60.3 Å². The van der Waals surface area contributed by atoms with Gasteiger partial charge in [0.2, 0.25) is 0 Å². The quantitative estimate of drug-likeness (QED) is 0.524. The highest BCUT2D eigenvalue weighted by Gasteiger charge is 2.46. The zero-order valence-corrected chi connectivity index (χ0v) is 20.4. The molecule has 2 aliphatic rings. The Morgan fingerprint density at radius 3 is 2.52 bits per heavy atom. The van der Waals surface area contributed by atoms with Crippen LogP contribution in [0.2, 0.25) is 5.02 Å². The fourth-order valence-corrected chi connectivity index (χ4v) is 5.43. The predicted molar refractivity (Wildman–Crippen MR) is 135 cm³/mol. The Morgan fingerprint density at radius 1 is 1.12 bits per heavy atom. The molecule has 1 aliphatic carbocycles. The third kappa shape index (κ3) is 3.74. The number of aromatic nitrogens is 2. The highest BCUT2D eigenvalue weighted by atomic mass is 35.5. The van der Waals surface area contributed by atoms with Crippen molar-refractivity contribution in [2.45, 2.75) is 33.1 Å². The Bertz CT molecular complexity index is 1270. The van der Waals surface area contributed by atoms with Gasteiger partial charge >= 0.3 is 0 Å². The number of anilines is 2. The molecule has 33 heavy (non-hydrogen) atoms. The van der Waals surface area contributed by atoms with Crippen molar-refractivity contribution in [2.75, 3.05) is 24.3 Å². The van der Waals surface area contributed by atoms with Crippen molar-refractivity contribution in [1.82, 2.24) is 9.78 Å². The molecule has 0 amide bonds. The zero-order chi connectivity index (χ0) is 23.5. The van der Waals surface area contributed by atoms with Crippen LogP contribution in [0.5, 0.6) is 0 Å². The molecule has 6 heteroatoms. The van der Waals surface area contributed by atoms with Crippen LogP contribution in [-0.2, 0) is 4.79 Å². The van der Waals surface area contributed by atoms with E-state index in [1.54, 1.807) is 0 Å². The van der Waals surface area contributed by atoms with E-state index in [1.807, 2.05) is 50.0 Å². The average Bonchev–Trinajstić information content (AvgIpc) is 3.07. The smallest absolute Gasteiger partial charge is 0.143 e. The molecule has 0 unspecified atom stereocenters. The highest BCUT2D eigenvalue weighted by molar-refractivity contribution is 6.30. The zero-order valence-electron chi connectivity index (χ0n) is 19.7. The van der Waals surface area contributed by atoms with E-state index in [1.165, 1.54) is 0 Å². The lowest BCUT2D eigenvalue weighted by atomic mass is 9.67. The van der Waals surface area contributed by atoms with Crippen molar-refractivity contribution in [1.29, 1.82) is 0 Å². The summed E-state index contributed by atoms with van der Waals surface area (Å²) in [5.41, 5.74) is 5.91. The van der Waals surface area contributed by atoms with Crippen molar-refractivity contribution < 1.29 is 4.79 Å². The third-order valence-corrected chi connectivity index (χ3v) is 6.93. The maximum absolute atomic E-state index is 13.5. The van der Waals surface area contributed by atoms with Crippen LogP contribution < -0.4 is 10.2 Å². The number of hydrogen-bond acceptors (Lipinski definition) is 4. The Hall–Kier alpha value is -3.05. The van der Waals surface area contributed by atoms with Gasteiger partial charge < -0.3 is 10.2 Å². The fraction of sp³-hybridized carbons (Fsp3) is 0.333. The molecule has 0 fully saturated rings. The number of benzene rings is 2. The summed E-state index contributed by atoms with van der Waals surface area (Å²) in [6, 6.07) is 16.2. The minimum absolute atomic E-state index is 0.0970. The van der Waals surface area contributed by atoms with Crippen molar-refractivity contribution in [3.05, 3.63) is 82.1 Å². The van der Waals surface area contributed by atoms with E-state index in [4.69, 9.17) is 16.7 Å². The number of nitrogens with zero attached hydrogens (tertiary/aromatic N) is 3. The van der Waals surface area contributed by atoms with Gasteiger partial charge in [-0.25, -0.2) is 4.68 Å². The molecule has 0 radical (unpaired) electrons. The first-order chi connectivity index (χ1) is 15.6. The minimum atomic E-state index is -0.244. The van der Waals surface area contributed by atoms with E-state index in [0.717, 1.165) is 39.7 Å². The van der Waals surface area contributed by atoms with Gasteiger partial charge in [0.1, 0.15) is 11.6 Å². The van der Waals surface area contributed by atoms with Crippen molar-refractivity contribution in [3.63, 3.8) is 0 Å². The summed E-state index contributed by atoms with van der Waals surface area (Å²) >= 11 is 6.30. The molecule has 2 heterocycles. The second-order valence-corrected chi connectivity index (χ2v) is 10.5. The molecule has 0 spiro atoms. The maximum Gasteiger partial charge on any atom is 0.143 e. The van der Waals surface area contributed by atoms with E-state index < -0.39 is 0 Å². The van der Waals surface area contributed by atoms with E-state index in [2.05, 4.69) is 54.4 Å². The van der Waals surface area contributed by atoms with Gasteiger partial charge in [0.25, 0.3) is 0 Å². The van der Waals surface area contributed by atoms with Crippen molar-refractivity contribution in [2.24, 2.45) is 11.3 Å². The van der Waals surface area contributed by atoms with Crippen molar-refractivity contribution in [3.8, 4) is 5.69 Å². The van der Waals surface area contributed by atoms with E-state index in [0.29, 0.717) is 11.4 Å². The molecule has 0 saturated carbocycles. The molecule has 0 bridgehead atoms. The normalized spacial score (nSPS) is 21.0. The minimum Gasteiger partial charge on any atom is -0.378 e. The van der Waals surface area contributed by atoms with Gasteiger partial charge in [-0.15, -0.1) is 0 Å². The summed E-state index contributed by atoms with van der Waals surface area (Å²) in [6.07, 6.45) is 2.76. The van der Waals surface area contributed by atoms with Crippen LogP contribution in [0, 0.1) is 18.3 Å². The molecule has 2 atom stereocenters. The highest BCUT2D eigenvalue weighted by Crippen LogP contribution is 2.50. The van der Waals surface area contributed by atoms with Gasteiger partial charge in [-0.1, -0.05) is 49.7 Å². The number of aryl methyl sites for hydroxylation is 1. The Balaban J connectivity index is 1.73. The van der Waals surface area contributed by atoms with Gasteiger partial charge in [-0.05, 0) is 48.2 Å². The second kappa shape index (κ2) is 7.77. The molecule has 5 nitrogen and oxygen atoms in total. The monoisotopic (exact) mass is 460 g/mol. The van der Waals surface area contributed by atoms with E-state index in [9.17, 15) is 4.79 Å². The van der Waals surface area contributed by atoms with Crippen LogP contribution >= 0.6 is 11.6 Å². The molecule has 0 saturated heterocycles. The lowest BCUT2D eigenvalue weighted by Crippen LogP contribution is -2.39. The first-order valence-corrected chi connectivity index (χ1v) is 11.7. The first kappa shape index (κ1) is 21.8. The first-order valence-electron chi connectivity index (χ1n) is 11.3. The summed E-state index contributed by atoms with van der Waals surface area (Å²) in [4.78, 5) is 15.6. The number of hydrogen-bond donors (Lipinski definition) is 1. The van der Waals surface area contributed by atoms with E-state index in [-0.39, 0.29) is 23.0 Å². The second-order valence-electron chi connectivity index (χ2n) is 10.0. The van der Waals surface area contributed by atoms with Gasteiger partial charge in [0, 0.05) is 48.4 Å². The number of rotatable bonds is 3. The Kier molecular flexibility index (Phi) is 5.13. The van der Waals surface area contributed by atoms with Crippen LogP contribution in [0.1, 0.15) is 43.0 Å². The molecular weight excluding hydrogens is 432 g/mol. The number of halogens is 1. The van der Waals surface area contributed by atoms with Crippen LogP contribution in [-0.4, -0.2) is 29.7 Å². The SMILES string of the molecule is Cc1nn(-c2cccc(Cl)c2)c2c1[C@H](c1ccc(N(C)C)cc1)[C@H]1C(=O)CC(C)(C)C=C1N2. The summed E-state index contributed by atoms with van der Waals surface area (Å²) in [6.45, 7) is 6.26. The molecule has 3 aromatic rings. The fourth-order valence-electron chi connectivity index (χ4n) is 5.24. The number of nitrogens with one attached hydrogen (secondary N) is 1. The number of ketones is 1. The van der Waals surface area contributed by atoms with Gasteiger partial charge in [0.05, 0.1) is 17.3 Å². The van der Waals surface area contributed by atoms with E-state index >= 15 is 0 Å². The summed E-state index contributed by atoms with van der Waals surface area (Å²) < 4.78 is 1.92. The molecule has 1 N–H and O–H groups in total. The predicted octanol–water partition coefficient (Wildman–Crippen LogP) is 5.96. The lowest BCUT2D eigenvalue weighted by Gasteiger charge is -2.40. The summed E-state index contributed by atoms with van der Waals surface area (Å²) in [5, 5.41) is 9.16. The third-order valence-electron chi connectivity index (χ3n) is 6.69. The molecular formula is C27H29ClN4O. The molecule has 1 aromatic heterocycles. The number of carbonyl (C=O) groups is 1. The van der Waals surface area contributed by atoms with Crippen LogP contribution in [0.4, 0.5) is 11.5 Å². The van der Waals surface area contributed by atoms with Crippen molar-refractivity contribution >= 4 is 28.9 Å². The molecule has 5 rings (SSSR count). The van der Waals surface area contributed by atoms with Gasteiger partial charge in [0.15, 0.2) is 0 Å². The topological polar surface area (TPSA) is 50.2 Å². The van der Waals surface area contributed by atoms with Gasteiger partial charge in [-0.2, -0.15) is 5.10 Å². The Morgan fingerprint density at radius 2 is 1.85 bits per heavy atom. The number of Topliss-reactive ketones (excluding diaryl/α,β-unsaturated/α-hetero) is 1. The molecule has 170 valence electrons. The maximum atomic E-state index is 13.5. The summed E-state index contributed by atoms with van der Waals surface area (Å²) in [5.74, 6) is 0.836. The average molecular weight is 461 g/mol. The molecule has 2 aromatic carbocycles. The summed E-state index contributed by atoms with van der Waals surface area (Å²) in [7, 11) is 4.06.